The van der Waals surface area contributed by atoms with E-state index in [1.54, 1.807) is 0 Å². The number of carbonyl (C=O) groups excluding carboxylic acids is 1. The summed E-state index contributed by atoms with van der Waals surface area (Å²) >= 11 is 0. The normalized spacial score (nSPS) is 46.6. The number of allylic oxidation sites excluding steroid dienone is 2. The van der Waals surface area contributed by atoms with Crippen molar-refractivity contribution in [3.8, 4) is 0 Å². The van der Waals surface area contributed by atoms with Crippen molar-refractivity contribution in [2.24, 2.45) is 56.7 Å². The summed E-state index contributed by atoms with van der Waals surface area (Å²) < 4.78 is 5.98. The van der Waals surface area contributed by atoms with Gasteiger partial charge in [0.2, 0.25) is 0 Å². The van der Waals surface area contributed by atoms with E-state index in [1.165, 1.54) is 18.4 Å². The Morgan fingerprint density at radius 2 is 1.68 bits per heavy atom. The first-order valence-electron chi connectivity index (χ1n) is 16.5. The van der Waals surface area contributed by atoms with Crippen LogP contribution in [0.2, 0.25) is 0 Å². The van der Waals surface area contributed by atoms with Crippen molar-refractivity contribution in [2.45, 2.75) is 125 Å². The van der Waals surface area contributed by atoms with Crippen molar-refractivity contribution >= 4 is 5.97 Å². The number of esters is 1. The molecule has 10 atom stereocenters. The number of unbranched alkanes of at least 4 members (excludes halogenated alkanes) is 1. The van der Waals surface area contributed by atoms with Gasteiger partial charge < -0.3 is 14.7 Å². The minimum atomic E-state index is -0.770. The Morgan fingerprint density at radius 3 is 2.39 bits per heavy atom. The number of fused-ring (bicyclic) bond motifs is 7. The van der Waals surface area contributed by atoms with E-state index in [1.807, 2.05) is 0 Å². The van der Waals surface area contributed by atoms with Crippen LogP contribution in [0.5, 0.6) is 0 Å². The predicted octanol–water partition coefficient (Wildman–Crippen LogP) is 7.54. The maximum Gasteiger partial charge on any atom is 0.312 e. The van der Waals surface area contributed by atoms with Crippen molar-refractivity contribution in [1.29, 1.82) is 0 Å². The van der Waals surface area contributed by atoms with Crippen LogP contribution in [-0.2, 0) is 14.4 Å². The molecule has 1 N–H and O–H groups in total. The molecule has 5 aliphatic carbocycles. The molecule has 0 amide bonds. The van der Waals surface area contributed by atoms with E-state index in [0.717, 1.165) is 44.9 Å². The summed E-state index contributed by atoms with van der Waals surface area (Å²) in [5.41, 5.74) is 1.41. The molecular formula is C34H55NO6. The van der Waals surface area contributed by atoms with Crippen molar-refractivity contribution in [1.82, 2.24) is 0 Å². The number of aliphatic hydroxyl groups excluding tert-OH is 1. The molecule has 5 rings (SSSR count). The molecule has 0 radical (unpaired) electrons. The first kappa shape index (κ1) is 30.8. The lowest BCUT2D eigenvalue weighted by Crippen LogP contribution is -2.65. The lowest BCUT2D eigenvalue weighted by molar-refractivity contribution is -0.757. The number of hydrogen-bond donors (Lipinski definition) is 1. The number of rotatable bonds is 7. The highest BCUT2D eigenvalue weighted by atomic mass is 16.9. The van der Waals surface area contributed by atoms with Crippen molar-refractivity contribution in [3.05, 3.63) is 21.8 Å². The summed E-state index contributed by atoms with van der Waals surface area (Å²) in [6.45, 7) is 17.3. The molecule has 4 fully saturated rings. The van der Waals surface area contributed by atoms with Gasteiger partial charge in [-0.2, -0.15) is 0 Å². The number of carbonyl (C=O) groups is 1. The first-order valence-corrected chi connectivity index (χ1v) is 16.5. The van der Waals surface area contributed by atoms with Crippen molar-refractivity contribution < 1.29 is 24.6 Å². The highest BCUT2D eigenvalue weighted by Crippen LogP contribution is 2.75. The third-order valence-corrected chi connectivity index (χ3v) is 14.3. The number of hydrogen-bond acceptors (Lipinski definition) is 6. The molecule has 41 heavy (non-hydrogen) atoms. The molecule has 0 spiro atoms. The molecule has 7 heteroatoms. The van der Waals surface area contributed by atoms with Crippen LogP contribution in [0.15, 0.2) is 11.6 Å². The first-order chi connectivity index (χ1) is 19.1. The van der Waals surface area contributed by atoms with E-state index in [2.05, 4.69) is 59.4 Å². The minimum absolute atomic E-state index is 0.0355. The van der Waals surface area contributed by atoms with Gasteiger partial charge >= 0.3 is 5.97 Å². The molecule has 0 saturated heterocycles. The zero-order valence-electron chi connectivity index (χ0n) is 26.7. The second-order valence-electron chi connectivity index (χ2n) is 16.1. The predicted molar refractivity (Wildman–Crippen MR) is 158 cm³/mol. The Kier molecular flexibility index (Phi) is 7.91. The van der Waals surface area contributed by atoms with Gasteiger partial charge in [-0.3, -0.25) is 4.79 Å². The summed E-state index contributed by atoms with van der Waals surface area (Å²) in [6, 6.07) is 0. The maximum absolute atomic E-state index is 14.0. The SMILES string of the molecule is C[C@H]1[C@H](C)CC[C@]2(C(=O)OCCCCO[N+](=O)[O-])CC[C@]3(C)C(=CC[C@@H]4[C@@]5(C)CC[C@H](O)C(C)(C)[C@@H]5CC[C@]43C)[C@H]12. The van der Waals surface area contributed by atoms with Crippen LogP contribution in [0.25, 0.3) is 0 Å². The molecular weight excluding hydrogens is 518 g/mol. The van der Waals surface area contributed by atoms with Crippen LogP contribution in [0, 0.1) is 66.8 Å². The van der Waals surface area contributed by atoms with Crippen molar-refractivity contribution in [3.63, 3.8) is 0 Å². The second-order valence-corrected chi connectivity index (χ2v) is 16.1. The molecule has 7 nitrogen and oxygen atoms in total. The summed E-state index contributed by atoms with van der Waals surface area (Å²) in [5.74, 6) is 2.21. The summed E-state index contributed by atoms with van der Waals surface area (Å²) in [7, 11) is 0. The van der Waals surface area contributed by atoms with Gasteiger partial charge in [0.05, 0.1) is 24.7 Å². The van der Waals surface area contributed by atoms with Gasteiger partial charge in [0.15, 0.2) is 0 Å². The molecule has 0 heterocycles. The Labute approximate surface area is 247 Å². The molecule has 0 bridgehead atoms. The maximum atomic E-state index is 14.0. The molecule has 4 saturated carbocycles. The van der Waals surface area contributed by atoms with Gasteiger partial charge in [0.25, 0.3) is 5.09 Å². The van der Waals surface area contributed by atoms with Crippen LogP contribution in [0.3, 0.4) is 0 Å². The lowest BCUT2D eigenvalue weighted by atomic mass is 9.33. The molecule has 0 aromatic rings. The molecule has 0 aliphatic heterocycles. The Morgan fingerprint density at radius 1 is 0.976 bits per heavy atom. The van der Waals surface area contributed by atoms with Crippen LogP contribution in [0.4, 0.5) is 0 Å². The van der Waals surface area contributed by atoms with Gasteiger partial charge in [-0.25, -0.2) is 0 Å². The third-order valence-electron chi connectivity index (χ3n) is 14.3. The van der Waals surface area contributed by atoms with Crippen LogP contribution < -0.4 is 0 Å². The van der Waals surface area contributed by atoms with Gasteiger partial charge in [0.1, 0.15) is 0 Å². The van der Waals surface area contributed by atoms with E-state index < -0.39 is 10.5 Å². The number of aliphatic hydroxyl groups is 1. The standard InChI is InChI=1S/C34H55NO6/c1-22-12-17-34(29(37)40-20-8-9-21-41-35(38)39)19-18-32(6)24(28(34)23(22)2)10-11-26-31(5)15-14-27(36)30(3,4)25(31)13-16-33(26,32)7/h10,22-23,25-28,36H,8-9,11-21H2,1-7H3/t22-,23+,25+,26-,27+,28+,31+,32-,33-,34+/m1/s1. The monoisotopic (exact) mass is 573 g/mol. The Bertz CT molecular complexity index is 1070. The average molecular weight is 574 g/mol. The quantitative estimate of drug-likeness (QED) is 0.111. The Hall–Kier alpha value is -1.63. The van der Waals surface area contributed by atoms with Gasteiger partial charge in [-0.1, -0.05) is 60.1 Å². The Balaban J connectivity index is 1.44. The second kappa shape index (κ2) is 10.5. The fourth-order valence-electron chi connectivity index (χ4n) is 11.5. The van der Waals surface area contributed by atoms with Crippen molar-refractivity contribution in [2.75, 3.05) is 13.2 Å². The average Bonchev–Trinajstić information content (AvgIpc) is 2.90. The smallest absolute Gasteiger partial charge is 0.312 e. The highest BCUT2D eigenvalue weighted by molar-refractivity contribution is 5.79. The molecule has 5 aliphatic rings. The minimum Gasteiger partial charge on any atom is -0.465 e. The number of nitrogens with zero attached hydrogens (tertiary/aromatic N) is 1. The third kappa shape index (κ3) is 4.49. The molecule has 232 valence electrons. The van der Waals surface area contributed by atoms with E-state index in [4.69, 9.17) is 4.74 Å². The number of ether oxygens (including phenoxy) is 1. The largest absolute Gasteiger partial charge is 0.465 e. The molecule has 0 aromatic carbocycles. The summed E-state index contributed by atoms with van der Waals surface area (Å²) in [4.78, 5) is 28.9. The van der Waals surface area contributed by atoms with E-state index >= 15 is 0 Å². The highest BCUT2D eigenvalue weighted by Gasteiger charge is 2.69. The van der Waals surface area contributed by atoms with E-state index in [-0.39, 0.29) is 52.9 Å². The summed E-state index contributed by atoms with van der Waals surface area (Å²) in [5, 5.41) is 20.6. The van der Waals surface area contributed by atoms with Gasteiger partial charge in [0, 0.05) is 0 Å². The van der Waals surface area contributed by atoms with Crippen LogP contribution in [0.1, 0.15) is 119 Å². The van der Waals surface area contributed by atoms with Gasteiger partial charge in [-0.05, 0) is 122 Å². The van der Waals surface area contributed by atoms with Gasteiger partial charge in [-0.15, -0.1) is 10.1 Å². The fourth-order valence-corrected chi connectivity index (χ4v) is 11.5. The lowest BCUT2D eigenvalue weighted by Gasteiger charge is -2.71. The molecule has 0 aromatic heterocycles. The van der Waals surface area contributed by atoms with E-state index in [0.29, 0.717) is 36.5 Å². The molecule has 0 unspecified atom stereocenters. The zero-order valence-corrected chi connectivity index (χ0v) is 26.7. The summed E-state index contributed by atoms with van der Waals surface area (Å²) in [6.07, 6.45) is 12.7. The van der Waals surface area contributed by atoms with E-state index in [9.17, 15) is 20.0 Å². The van der Waals surface area contributed by atoms with Crippen LogP contribution in [-0.4, -0.2) is 35.5 Å². The van der Waals surface area contributed by atoms with Crippen LogP contribution >= 0.6 is 0 Å². The zero-order chi connectivity index (χ0) is 30.0. The topological polar surface area (TPSA) is 98.9 Å². The fraction of sp³-hybridized carbons (Fsp3) is 0.912.